The van der Waals surface area contributed by atoms with Gasteiger partial charge in [0.05, 0.1) is 10.6 Å². The minimum absolute atomic E-state index is 0.0701. The van der Waals surface area contributed by atoms with E-state index in [1.54, 1.807) is 54.6 Å². The van der Waals surface area contributed by atoms with Gasteiger partial charge in [-0.3, -0.25) is 13.9 Å². The zero-order valence-corrected chi connectivity index (χ0v) is 25.3. The predicted molar refractivity (Wildman–Crippen MR) is 161 cm³/mol. The van der Waals surface area contributed by atoms with Gasteiger partial charge in [0.25, 0.3) is 10.0 Å². The van der Waals surface area contributed by atoms with E-state index in [9.17, 15) is 18.0 Å². The molecule has 3 rings (SSSR count). The van der Waals surface area contributed by atoms with Gasteiger partial charge in [0.2, 0.25) is 11.8 Å². The maximum atomic E-state index is 14.1. The summed E-state index contributed by atoms with van der Waals surface area (Å²) in [6, 6.07) is 19.7. The second kappa shape index (κ2) is 13.8. The van der Waals surface area contributed by atoms with Crippen molar-refractivity contribution in [2.75, 3.05) is 10.8 Å². The van der Waals surface area contributed by atoms with Crippen molar-refractivity contribution in [3.8, 4) is 0 Å². The number of rotatable bonds is 12. The summed E-state index contributed by atoms with van der Waals surface area (Å²) in [7, 11) is -4.10. The smallest absolute Gasteiger partial charge is 0.264 e. The van der Waals surface area contributed by atoms with Gasteiger partial charge in [0.1, 0.15) is 12.6 Å². The summed E-state index contributed by atoms with van der Waals surface area (Å²) in [6.45, 7) is 9.12. The van der Waals surface area contributed by atoms with Crippen LogP contribution in [-0.2, 0) is 26.2 Å². The van der Waals surface area contributed by atoms with Crippen molar-refractivity contribution in [3.63, 3.8) is 0 Å². The highest BCUT2D eigenvalue weighted by Crippen LogP contribution is 2.27. The fourth-order valence-electron chi connectivity index (χ4n) is 4.49. The van der Waals surface area contributed by atoms with Gasteiger partial charge in [-0.05, 0) is 86.7 Å². The lowest BCUT2D eigenvalue weighted by molar-refractivity contribution is -0.140. The van der Waals surface area contributed by atoms with Gasteiger partial charge in [0.15, 0.2) is 0 Å². The molecule has 0 aliphatic heterocycles. The van der Waals surface area contributed by atoms with E-state index in [2.05, 4.69) is 5.32 Å². The molecule has 3 aromatic carbocycles. The van der Waals surface area contributed by atoms with Gasteiger partial charge in [-0.2, -0.15) is 0 Å². The summed E-state index contributed by atoms with van der Waals surface area (Å²) in [6.07, 6.45) is 1.10. The van der Waals surface area contributed by atoms with E-state index in [4.69, 9.17) is 11.6 Å². The third kappa shape index (κ3) is 7.86. The van der Waals surface area contributed by atoms with Crippen molar-refractivity contribution in [2.24, 2.45) is 0 Å². The third-order valence-corrected chi connectivity index (χ3v) is 8.80. The number of nitrogens with zero attached hydrogens (tertiary/aromatic N) is 2. The number of aryl methyl sites for hydroxylation is 2. The Hall–Kier alpha value is -3.36. The molecule has 40 heavy (non-hydrogen) atoms. The monoisotopic (exact) mass is 583 g/mol. The van der Waals surface area contributed by atoms with Gasteiger partial charge in [0, 0.05) is 17.6 Å². The Morgan fingerprint density at radius 3 is 2.05 bits per heavy atom. The fraction of sp³-hybridized carbons (Fsp3) is 0.355. The number of nitrogens with one attached hydrogen (secondary N) is 1. The van der Waals surface area contributed by atoms with Crippen LogP contribution in [0.4, 0.5) is 5.69 Å². The van der Waals surface area contributed by atoms with Crippen LogP contribution in [0.3, 0.4) is 0 Å². The molecule has 0 fully saturated rings. The summed E-state index contributed by atoms with van der Waals surface area (Å²) in [4.78, 5) is 29.0. The van der Waals surface area contributed by atoms with Gasteiger partial charge < -0.3 is 10.2 Å². The number of carbonyl (C=O) groups excluding carboxylic acids is 2. The number of benzene rings is 3. The lowest BCUT2D eigenvalue weighted by atomic mass is 10.1. The van der Waals surface area contributed by atoms with Crippen LogP contribution in [0.1, 0.15) is 50.3 Å². The number of anilines is 1. The van der Waals surface area contributed by atoms with Crippen LogP contribution in [0, 0.1) is 13.8 Å². The molecule has 0 bridgehead atoms. The highest BCUT2D eigenvalue weighted by atomic mass is 35.5. The van der Waals surface area contributed by atoms with Crippen LogP contribution in [0.15, 0.2) is 77.7 Å². The summed E-state index contributed by atoms with van der Waals surface area (Å²) in [5.74, 6) is -0.761. The highest BCUT2D eigenvalue weighted by Gasteiger charge is 2.34. The van der Waals surface area contributed by atoms with Crippen LogP contribution in [0.2, 0.25) is 5.02 Å². The zero-order chi connectivity index (χ0) is 29.4. The molecule has 7 nitrogen and oxygen atoms in total. The molecule has 0 aromatic heterocycles. The quantitative estimate of drug-likeness (QED) is 0.289. The lowest BCUT2D eigenvalue weighted by Crippen LogP contribution is -2.53. The fourth-order valence-corrected chi connectivity index (χ4v) is 6.04. The van der Waals surface area contributed by atoms with Gasteiger partial charge in [-0.25, -0.2) is 8.42 Å². The number of carbonyl (C=O) groups is 2. The lowest BCUT2D eigenvalue weighted by Gasteiger charge is -2.34. The molecule has 0 spiro atoms. The second-order valence-corrected chi connectivity index (χ2v) is 12.4. The maximum Gasteiger partial charge on any atom is 0.264 e. The Bertz CT molecular complexity index is 1390. The minimum Gasteiger partial charge on any atom is -0.352 e. The molecule has 1 N–H and O–H groups in total. The van der Waals surface area contributed by atoms with E-state index in [-0.39, 0.29) is 23.4 Å². The summed E-state index contributed by atoms with van der Waals surface area (Å²) in [5.41, 5.74) is 2.90. The third-order valence-electron chi connectivity index (χ3n) is 6.76. The first-order valence-corrected chi connectivity index (χ1v) is 15.3. The Kier molecular flexibility index (Phi) is 10.8. The van der Waals surface area contributed by atoms with Gasteiger partial charge in [-0.1, -0.05) is 61.8 Å². The highest BCUT2D eigenvalue weighted by molar-refractivity contribution is 7.92. The molecule has 0 aliphatic rings. The van der Waals surface area contributed by atoms with Crippen molar-refractivity contribution >= 4 is 39.1 Å². The topological polar surface area (TPSA) is 86.8 Å². The SMILES string of the molecule is CC[C@H](C(=O)N[C@@H](C)CC)N(Cc1ccc(Cl)cc1)C(=O)CN(c1cc(C)cc(C)c1)S(=O)(=O)c1ccccc1. The van der Waals surface area contributed by atoms with Gasteiger partial charge >= 0.3 is 0 Å². The van der Waals surface area contributed by atoms with E-state index in [0.29, 0.717) is 17.1 Å². The maximum absolute atomic E-state index is 14.1. The Morgan fingerprint density at radius 2 is 1.50 bits per heavy atom. The molecule has 0 radical (unpaired) electrons. The molecular formula is C31H38ClN3O4S. The van der Waals surface area contributed by atoms with Crippen LogP contribution < -0.4 is 9.62 Å². The summed E-state index contributed by atoms with van der Waals surface area (Å²) >= 11 is 6.08. The van der Waals surface area contributed by atoms with E-state index >= 15 is 0 Å². The Morgan fingerprint density at radius 1 is 0.900 bits per heavy atom. The Balaban J connectivity index is 2.07. The van der Waals surface area contributed by atoms with Crippen molar-refractivity contribution in [1.82, 2.24) is 10.2 Å². The van der Waals surface area contributed by atoms with Crippen LogP contribution >= 0.6 is 11.6 Å². The molecule has 0 aliphatic carbocycles. The molecule has 0 heterocycles. The van der Waals surface area contributed by atoms with Crippen molar-refractivity contribution < 1.29 is 18.0 Å². The number of sulfonamides is 1. The molecule has 3 aromatic rings. The molecule has 9 heteroatoms. The van der Waals surface area contributed by atoms with Crippen LogP contribution in [0.25, 0.3) is 0 Å². The second-order valence-electron chi connectivity index (χ2n) is 10.1. The molecule has 2 atom stereocenters. The van der Waals surface area contributed by atoms with Gasteiger partial charge in [-0.15, -0.1) is 0 Å². The molecule has 0 saturated carbocycles. The van der Waals surface area contributed by atoms with Crippen molar-refractivity contribution in [3.05, 3.63) is 94.5 Å². The molecular weight excluding hydrogens is 546 g/mol. The van der Waals surface area contributed by atoms with Crippen molar-refractivity contribution in [2.45, 2.75) is 71.0 Å². The van der Waals surface area contributed by atoms with E-state index in [1.807, 2.05) is 40.7 Å². The minimum atomic E-state index is -4.10. The number of hydrogen-bond donors (Lipinski definition) is 1. The number of amides is 2. The zero-order valence-electron chi connectivity index (χ0n) is 23.7. The first kappa shape index (κ1) is 31.2. The molecule has 214 valence electrons. The normalized spacial score (nSPS) is 12.8. The first-order valence-electron chi connectivity index (χ1n) is 13.5. The predicted octanol–water partition coefficient (Wildman–Crippen LogP) is 5.87. The van der Waals surface area contributed by atoms with Crippen LogP contribution in [0.5, 0.6) is 0 Å². The average molecular weight is 584 g/mol. The number of halogens is 1. The van der Waals surface area contributed by atoms with E-state index < -0.39 is 28.5 Å². The summed E-state index contributed by atoms with van der Waals surface area (Å²) < 4.78 is 29.0. The molecule has 0 saturated heterocycles. The largest absolute Gasteiger partial charge is 0.352 e. The first-order chi connectivity index (χ1) is 19.0. The van der Waals surface area contributed by atoms with E-state index in [1.165, 1.54) is 17.0 Å². The molecule has 2 amide bonds. The standard InChI is InChI=1S/C31H38ClN3O4S/c1-6-24(5)33-31(37)29(7-2)34(20-25-13-15-26(32)16-14-25)30(36)21-35(27-18-22(3)17-23(4)19-27)40(38,39)28-11-9-8-10-12-28/h8-19,24,29H,6-7,20-21H2,1-5H3,(H,33,37)/t24-,29+/m0/s1. The summed E-state index contributed by atoms with van der Waals surface area (Å²) in [5, 5.41) is 3.53. The van der Waals surface area contributed by atoms with E-state index in [0.717, 1.165) is 27.4 Å². The molecule has 0 unspecified atom stereocenters. The van der Waals surface area contributed by atoms with Crippen LogP contribution in [-0.4, -0.2) is 43.8 Å². The van der Waals surface area contributed by atoms with Crippen molar-refractivity contribution in [1.29, 1.82) is 0 Å². The number of hydrogen-bond acceptors (Lipinski definition) is 4. The Labute approximate surface area is 243 Å². The average Bonchev–Trinajstić information content (AvgIpc) is 2.92.